The number of hydrogen-bond acceptors (Lipinski definition) is 4. The average molecular weight is 274 g/mol. The lowest BCUT2D eigenvalue weighted by molar-refractivity contribution is 0.0157. The van der Waals surface area contributed by atoms with Crippen LogP contribution in [0.3, 0.4) is 0 Å². The predicted molar refractivity (Wildman–Crippen MR) is 78.3 cm³/mol. The Morgan fingerprint density at radius 3 is 2.50 bits per heavy atom. The lowest BCUT2D eigenvalue weighted by Crippen LogP contribution is -2.63. The minimum absolute atomic E-state index is 0.00517. The highest BCUT2D eigenvalue weighted by molar-refractivity contribution is 6.02. The molecule has 108 valence electrons. The van der Waals surface area contributed by atoms with Crippen molar-refractivity contribution in [2.45, 2.75) is 26.0 Å². The predicted octanol–water partition coefficient (Wildman–Crippen LogP) is 1.66. The van der Waals surface area contributed by atoms with Crippen molar-refractivity contribution in [1.82, 2.24) is 9.80 Å². The Morgan fingerprint density at radius 2 is 1.90 bits per heavy atom. The topological polar surface area (TPSA) is 32.8 Å². The van der Waals surface area contributed by atoms with Crippen molar-refractivity contribution in [1.29, 1.82) is 0 Å². The van der Waals surface area contributed by atoms with Crippen molar-refractivity contribution in [3.63, 3.8) is 0 Å². The summed E-state index contributed by atoms with van der Waals surface area (Å²) in [4.78, 5) is 17.5. The fourth-order valence-corrected chi connectivity index (χ4v) is 3.07. The summed E-state index contributed by atoms with van der Waals surface area (Å²) in [6.45, 7) is 9.02. The summed E-state index contributed by atoms with van der Waals surface area (Å²) in [7, 11) is 0. The molecule has 0 saturated carbocycles. The number of hydrogen-bond donors (Lipinski definition) is 0. The van der Waals surface area contributed by atoms with Crippen molar-refractivity contribution < 1.29 is 9.53 Å². The van der Waals surface area contributed by atoms with Crippen LogP contribution in [-0.4, -0.2) is 60.5 Å². The van der Waals surface area contributed by atoms with E-state index in [9.17, 15) is 4.79 Å². The summed E-state index contributed by atoms with van der Waals surface area (Å²) in [5.41, 5.74) is 0.722. The molecule has 3 saturated heterocycles. The zero-order valence-corrected chi connectivity index (χ0v) is 12.2. The third kappa shape index (κ3) is 2.58. The van der Waals surface area contributed by atoms with E-state index in [1.807, 2.05) is 38.1 Å². The van der Waals surface area contributed by atoms with Gasteiger partial charge in [0.2, 0.25) is 0 Å². The number of nitrogens with zero attached hydrogens (tertiary/aromatic N) is 2. The van der Waals surface area contributed by atoms with Crippen LogP contribution in [0.2, 0.25) is 0 Å². The molecule has 4 nitrogen and oxygen atoms in total. The molecule has 0 radical (unpaired) electrons. The van der Waals surface area contributed by atoms with Gasteiger partial charge in [0.05, 0.1) is 17.7 Å². The molecule has 3 heterocycles. The normalized spacial score (nSPS) is 28.6. The molecule has 4 rings (SSSR count). The van der Waals surface area contributed by atoms with E-state index in [-0.39, 0.29) is 17.9 Å². The smallest absolute Gasteiger partial charge is 0.184 e. The lowest BCUT2D eigenvalue weighted by atomic mass is 9.97. The van der Waals surface area contributed by atoms with Gasteiger partial charge in [0.25, 0.3) is 0 Å². The first-order valence-corrected chi connectivity index (χ1v) is 7.41. The van der Waals surface area contributed by atoms with E-state index in [1.54, 1.807) is 0 Å². The molecule has 4 heteroatoms. The number of rotatable bonds is 4. The molecule has 1 atom stereocenters. The number of ether oxygens (including phenoxy) is 1. The molecule has 0 spiro atoms. The third-order valence-electron chi connectivity index (χ3n) is 4.10. The summed E-state index contributed by atoms with van der Waals surface area (Å²) in [6.07, 6.45) is 0.0795. The molecule has 0 amide bonds. The summed E-state index contributed by atoms with van der Waals surface area (Å²) >= 11 is 0. The van der Waals surface area contributed by atoms with Crippen LogP contribution in [0.5, 0.6) is 5.75 Å². The number of benzene rings is 1. The molecule has 0 aliphatic carbocycles. The number of carbonyl (C=O) groups excluding carboxylic acids is 1. The number of carbonyl (C=O) groups is 1. The number of Topliss-reactive ketones (excluding diaryl/α,β-unsaturated/α-hetero) is 1. The fraction of sp³-hybridized carbons (Fsp3) is 0.562. The highest BCUT2D eigenvalue weighted by Gasteiger charge is 2.37. The van der Waals surface area contributed by atoms with Crippen molar-refractivity contribution >= 4 is 5.78 Å². The SMILES string of the molecule is CC(C)Oc1ccccc1C(=O)C1CN2CCN1CC2. The maximum absolute atomic E-state index is 12.8. The van der Waals surface area contributed by atoms with Gasteiger partial charge in [-0.1, -0.05) is 12.1 Å². The molecule has 2 bridgehead atoms. The van der Waals surface area contributed by atoms with Gasteiger partial charge in [-0.3, -0.25) is 14.6 Å². The Balaban J connectivity index is 1.83. The van der Waals surface area contributed by atoms with Crippen LogP contribution in [0.25, 0.3) is 0 Å². The van der Waals surface area contributed by atoms with Crippen LogP contribution < -0.4 is 4.74 Å². The van der Waals surface area contributed by atoms with E-state index in [1.165, 1.54) is 0 Å². The van der Waals surface area contributed by atoms with Crippen molar-refractivity contribution in [3.8, 4) is 5.75 Å². The van der Waals surface area contributed by atoms with Gasteiger partial charge in [-0.2, -0.15) is 0 Å². The lowest BCUT2D eigenvalue weighted by Gasteiger charge is -2.46. The van der Waals surface area contributed by atoms with Crippen molar-refractivity contribution in [3.05, 3.63) is 29.8 Å². The van der Waals surface area contributed by atoms with Crippen LogP contribution >= 0.6 is 0 Å². The zero-order valence-electron chi connectivity index (χ0n) is 12.2. The van der Waals surface area contributed by atoms with Gasteiger partial charge in [-0.25, -0.2) is 0 Å². The Labute approximate surface area is 120 Å². The van der Waals surface area contributed by atoms with Gasteiger partial charge in [0, 0.05) is 32.7 Å². The first-order chi connectivity index (χ1) is 9.65. The molecule has 1 unspecified atom stereocenters. The summed E-state index contributed by atoms with van der Waals surface area (Å²) in [6, 6.07) is 7.61. The number of piperazine rings is 3. The molecule has 20 heavy (non-hydrogen) atoms. The van der Waals surface area contributed by atoms with E-state index >= 15 is 0 Å². The Kier molecular flexibility index (Phi) is 3.76. The van der Waals surface area contributed by atoms with Gasteiger partial charge < -0.3 is 4.74 Å². The molecular formula is C16H22N2O2. The third-order valence-corrected chi connectivity index (χ3v) is 4.10. The Bertz CT molecular complexity index is 493. The molecule has 1 aromatic rings. The van der Waals surface area contributed by atoms with E-state index in [4.69, 9.17) is 4.74 Å². The van der Waals surface area contributed by atoms with Crippen LogP contribution in [-0.2, 0) is 0 Å². The summed E-state index contributed by atoms with van der Waals surface area (Å²) in [5, 5.41) is 0. The molecule has 0 aromatic heterocycles. The highest BCUT2D eigenvalue weighted by Crippen LogP contribution is 2.25. The van der Waals surface area contributed by atoms with Gasteiger partial charge in [0.1, 0.15) is 5.75 Å². The maximum atomic E-state index is 12.8. The highest BCUT2D eigenvalue weighted by atomic mass is 16.5. The fourth-order valence-electron chi connectivity index (χ4n) is 3.07. The Hall–Kier alpha value is -1.39. The van der Waals surface area contributed by atoms with Crippen LogP contribution in [0, 0.1) is 0 Å². The first kappa shape index (κ1) is 13.6. The van der Waals surface area contributed by atoms with Crippen LogP contribution in [0.15, 0.2) is 24.3 Å². The maximum Gasteiger partial charge on any atom is 0.184 e. The second kappa shape index (κ2) is 5.54. The van der Waals surface area contributed by atoms with Gasteiger partial charge in [-0.05, 0) is 26.0 Å². The quantitative estimate of drug-likeness (QED) is 0.782. The summed E-state index contributed by atoms with van der Waals surface area (Å²) in [5.74, 6) is 0.913. The van der Waals surface area contributed by atoms with Crippen LogP contribution in [0.1, 0.15) is 24.2 Å². The first-order valence-electron chi connectivity index (χ1n) is 7.41. The molecule has 1 aromatic carbocycles. The molecule has 3 aliphatic rings. The minimum Gasteiger partial charge on any atom is -0.490 e. The number of para-hydroxylation sites is 1. The molecule has 0 N–H and O–H groups in total. The average Bonchev–Trinajstić information content (AvgIpc) is 2.47. The number of fused-ring (bicyclic) bond motifs is 3. The standard InChI is InChI=1S/C16H22N2O2/c1-12(2)20-15-6-4-3-5-13(15)16(19)14-11-17-7-9-18(14)10-8-17/h3-6,12,14H,7-11H2,1-2H3. The van der Waals surface area contributed by atoms with Crippen molar-refractivity contribution in [2.75, 3.05) is 32.7 Å². The largest absolute Gasteiger partial charge is 0.490 e. The van der Waals surface area contributed by atoms with E-state index in [2.05, 4.69) is 9.80 Å². The van der Waals surface area contributed by atoms with Gasteiger partial charge in [0.15, 0.2) is 5.78 Å². The molecular weight excluding hydrogens is 252 g/mol. The number of ketones is 1. The Morgan fingerprint density at radius 1 is 1.20 bits per heavy atom. The monoisotopic (exact) mass is 274 g/mol. The van der Waals surface area contributed by atoms with Gasteiger partial charge in [-0.15, -0.1) is 0 Å². The van der Waals surface area contributed by atoms with E-state index in [0.29, 0.717) is 5.75 Å². The van der Waals surface area contributed by atoms with E-state index in [0.717, 1.165) is 38.3 Å². The van der Waals surface area contributed by atoms with E-state index < -0.39 is 0 Å². The summed E-state index contributed by atoms with van der Waals surface area (Å²) < 4.78 is 5.78. The van der Waals surface area contributed by atoms with Crippen LogP contribution in [0.4, 0.5) is 0 Å². The van der Waals surface area contributed by atoms with Gasteiger partial charge >= 0.3 is 0 Å². The second-order valence-corrected chi connectivity index (χ2v) is 5.88. The minimum atomic E-state index is -0.00517. The molecule has 3 aliphatic heterocycles. The van der Waals surface area contributed by atoms with Crippen molar-refractivity contribution in [2.24, 2.45) is 0 Å². The second-order valence-electron chi connectivity index (χ2n) is 5.88. The molecule has 3 fully saturated rings. The zero-order chi connectivity index (χ0) is 14.1.